The van der Waals surface area contributed by atoms with Gasteiger partial charge in [-0.05, 0) is 30.7 Å². The van der Waals surface area contributed by atoms with Gasteiger partial charge in [0.05, 0.1) is 11.5 Å². The molecule has 0 aliphatic carbocycles. The van der Waals surface area contributed by atoms with Crippen molar-refractivity contribution in [1.29, 1.82) is 0 Å². The van der Waals surface area contributed by atoms with Gasteiger partial charge in [0.1, 0.15) is 10.9 Å². The number of rotatable bonds is 4. The van der Waals surface area contributed by atoms with Crippen LogP contribution in [0, 0.1) is 0 Å². The minimum atomic E-state index is -0.471. The van der Waals surface area contributed by atoms with Crippen LogP contribution in [0.2, 0.25) is 5.02 Å². The first-order chi connectivity index (χ1) is 10.0. The van der Waals surface area contributed by atoms with E-state index in [-0.39, 0.29) is 19.1 Å². The molecule has 0 unspecified atom stereocenters. The van der Waals surface area contributed by atoms with Gasteiger partial charge in [0, 0.05) is 5.02 Å². The molecular formula is C14H12ClNO3S2. The van der Waals surface area contributed by atoms with E-state index >= 15 is 0 Å². The van der Waals surface area contributed by atoms with Crippen LogP contribution in [0.4, 0.5) is 0 Å². The van der Waals surface area contributed by atoms with Crippen LogP contribution in [-0.2, 0) is 14.3 Å². The number of carbonyl (C=O) groups is 2. The molecule has 110 valence electrons. The Morgan fingerprint density at radius 3 is 2.71 bits per heavy atom. The number of carbonyl (C=O) groups excluding carboxylic acids is 2. The monoisotopic (exact) mass is 341 g/mol. The Balaban J connectivity index is 2.13. The molecule has 1 heterocycles. The van der Waals surface area contributed by atoms with Crippen LogP contribution in [0.25, 0.3) is 6.08 Å². The summed E-state index contributed by atoms with van der Waals surface area (Å²) in [5.41, 5.74) is 0.844. The second-order valence-electron chi connectivity index (χ2n) is 4.12. The van der Waals surface area contributed by atoms with Gasteiger partial charge in [-0.3, -0.25) is 14.5 Å². The van der Waals surface area contributed by atoms with Crippen molar-refractivity contribution in [2.24, 2.45) is 0 Å². The molecule has 21 heavy (non-hydrogen) atoms. The molecule has 0 saturated carbocycles. The van der Waals surface area contributed by atoms with Crippen LogP contribution in [0.5, 0.6) is 0 Å². The summed E-state index contributed by atoms with van der Waals surface area (Å²) in [5.74, 6) is -0.755. The number of thioether (sulfide) groups is 1. The lowest BCUT2D eigenvalue weighted by Crippen LogP contribution is -2.34. The summed E-state index contributed by atoms with van der Waals surface area (Å²) in [4.78, 5) is 25.4. The van der Waals surface area contributed by atoms with Crippen LogP contribution in [0.1, 0.15) is 12.5 Å². The zero-order chi connectivity index (χ0) is 15.4. The standard InChI is InChI=1S/C14H12ClNO3S2/c1-2-19-12(17)8-16-13(18)11(21-14(16)20)7-9-3-5-10(15)6-4-9/h3-7H,2,8H2,1H3. The number of nitrogens with zero attached hydrogens (tertiary/aromatic N) is 1. The Hall–Kier alpha value is -1.37. The Morgan fingerprint density at radius 2 is 2.10 bits per heavy atom. The second kappa shape index (κ2) is 7.06. The molecule has 0 spiro atoms. The van der Waals surface area contributed by atoms with Crippen LogP contribution >= 0.6 is 35.6 Å². The number of halogens is 1. The summed E-state index contributed by atoms with van der Waals surface area (Å²) >= 11 is 12.1. The number of ether oxygens (including phenoxy) is 1. The highest BCUT2D eigenvalue weighted by Crippen LogP contribution is 2.32. The lowest BCUT2D eigenvalue weighted by atomic mass is 10.2. The number of hydrogen-bond acceptors (Lipinski definition) is 5. The first-order valence-corrected chi connectivity index (χ1v) is 7.78. The molecule has 0 bridgehead atoms. The summed E-state index contributed by atoms with van der Waals surface area (Å²) in [6.07, 6.45) is 1.72. The molecule has 0 radical (unpaired) electrons. The summed E-state index contributed by atoms with van der Waals surface area (Å²) < 4.78 is 5.19. The normalized spacial score (nSPS) is 16.7. The van der Waals surface area contributed by atoms with E-state index < -0.39 is 5.97 Å². The second-order valence-corrected chi connectivity index (χ2v) is 6.24. The van der Waals surface area contributed by atoms with E-state index in [0.29, 0.717) is 14.2 Å². The van der Waals surface area contributed by atoms with Crippen molar-refractivity contribution < 1.29 is 14.3 Å². The molecule has 2 rings (SSSR count). The zero-order valence-corrected chi connectivity index (χ0v) is 13.6. The SMILES string of the molecule is CCOC(=O)CN1C(=O)C(=Cc2ccc(Cl)cc2)SC1=S. The van der Waals surface area contributed by atoms with Crippen molar-refractivity contribution in [3.8, 4) is 0 Å². The van der Waals surface area contributed by atoms with Crippen LogP contribution < -0.4 is 0 Å². The summed E-state index contributed by atoms with van der Waals surface area (Å²) in [5, 5.41) is 0.627. The van der Waals surface area contributed by atoms with Gasteiger partial charge in [0.2, 0.25) is 0 Å². The molecule has 4 nitrogen and oxygen atoms in total. The Bertz CT molecular complexity index is 613. The summed E-state index contributed by atoms with van der Waals surface area (Å²) in [7, 11) is 0. The molecule has 0 aromatic heterocycles. The maximum Gasteiger partial charge on any atom is 0.326 e. The molecule has 0 N–H and O–H groups in total. The third-order valence-corrected chi connectivity index (χ3v) is 4.26. The van der Waals surface area contributed by atoms with Gasteiger partial charge in [-0.1, -0.05) is 47.7 Å². The maximum absolute atomic E-state index is 12.2. The van der Waals surface area contributed by atoms with Gasteiger partial charge in [-0.2, -0.15) is 0 Å². The number of esters is 1. The van der Waals surface area contributed by atoms with E-state index in [2.05, 4.69) is 0 Å². The van der Waals surface area contributed by atoms with Crippen LogP contribution in [0.15, 0.2) is 29.2 Å². The molecule has 1 saturated heterocycles. The average Bonchev–Trinajstić information content (AvgIpc) is 2.69. The average molecular weight is 342 g/mol. The van der Waals surface area contributed by atoms with Gasteiger partial charge in [0.25, 0.3) is 5.91 Å². The number of amides is 1. The van der Waals surface area contributed by atoms with Gasteiger partial charge in [-0.25, -0.2) is 0 Å². The van der Waals surface area contributed by atoms with E-state index in [1.54, 1.807) is 37.3 Å². The lowest BCUT2D eigenvalue weighted by molar-refractivity contribution is -0.145. The van der Waals surface area contributed by atoms with Crippen LogP contribution in [0.3, 0.4) is 0 Å². The minimum absolute atomic E-state index is 0.156. The predicted molar refractivity (Wildman–Crippen MR) is 88.0 cm³/mol. The fourth-order valence-electron chi connectivity index (χ4n) is 1.68. The highest BCUT2D eigenvalue weighted by atomic mass is 35.5. The molecule has 1 fully saturated rings. The van der Waals surface area contributed by atoms with Gasteiger partial charge >= 0.3 is 5.97 Å². The molecule has 1 aliphatic rings. The fraction of sp³-hybridized carbons (Fsp3) is 0.214. The highest BCUT2D eigenvalue weighted by molar-refractivity contribution is 8.26. The van der Waals surface area contributed by atoms with Crippen molar-refractivity contribution in [2.75, 3.05) is 13.2 Å². The molecule has 1 aromatic carbocycles. The van der Waals surface area contributed by atoms with Gasteiger partial charge in [0.15, 0.2) is 0 Å². The third kappa shape index (κ3) is 4.06. The lowest BCUT2D eigenvalue weighted by Gasteiger charge is -2.12. The third-order valence-electron chi connectivity index (χ3n) is 2.63. The van der Waals surface area contributed by atoms with E-state index in [1.165, 1.54) is 16.7 Å². The van der Waals surface area contributed by atoms with Crippen molar-refractivity contribution in [3.05, 3.63) is 39.8 Å². The maximum atomic E-state index is 12.2. The van der Waals surface area contributed by atoms with E-state index in [1.807, 2.05) is 0 Å². The van der Waals surface area contributed by atoms with Crippen molar-refractivity contribution in [1.82, 2.24) is 4.90 Å². The first kappa shape index (κ1) is 16.0. The topological polar surface area (TPSA) is 46.6 Å². The van der Waals surface area contributed by atoms with Crippen molar-refractivity contribution in [2.45, 2.75) is 6.92 Å². The zero-order valence-electron chi connectivity index (χ0n) is 11.2. The Labute approximate surface area is 137 Å². The largest absolute Gasteiger partial charge is 0.465 e. The van der Waals surface area contributed by atoms with E-state index in [4.69, 9.17) is 28.6 Å². The first-order valence-electron chi connectivity index (χ1n) is 6.18. The number of thiocarbonyl (C=S) groups is 1. The quantitative estimate of drug-likeness (QED) is 0.478. The highest BCUT2D eigenvalue weighted by Gasteiger charge is 2.33. The molecule has 1 aromatic rings. The Kier molecular flexibility index (Phi) is 5.39. The fourth-order valence-corrected chi connectivity index (χ4v) is 3.06. The molecular weight excluding hydrogens is 330 g/mol. The van der Waals surface area contributed by atoms with Crippen molar-refractivity contribution >= 4 is 57.9 Å². The van der Waals surface area contributed by atoms with E-state index in [0.717, 1.165) is 5.56 Å². The Morgan fingerprint density at radius 1 is 1.43 bits per heavy atom. The summed E-state index contributed by atoms with van der Waals surface area (Å²) in [6, 6.07) is 7.10. The van der Waals surface area contributed by atoms with E-state index in [9.17, 15) is 9.59 Å². The number of hydrogen-bond donors (Lipinski definition) is 0. The van der Waals surface area contributed by atoms with Gasteiger partial charge in [-0.15, -0.1) is 0 Å². The smallest absolute Gasteiger partial charge is 0.326 e. The van der Waals surface area contributed by atoms with Crippen LogP contribution in [-0.4, -0.2) is 34.2 Å². The molecule has 1 amide bonds. The molecule has 7 heteroatoms. The molecule has 1 aliphatic heterocycles. The minimum Gasteiger partial charge on any atom is -0.465 e. The summed E-state index contributed by atoms with van der Waals surface area (Å²) in [6.45, 7) is 1.83. The van der Waals surface area contributed by atoms with Crippen molar-refractivity contribution in [3.63, 3.8) is 0 Å². The predicted octanol–water partition coefficient (Wildman–Crippen LogP) is 3.10. The van der Waals surface area contributed by atoms with Gasteiger partial charge < -0.3 is 4.74 Å². The number of benzene rings is 1. The molecule has 0 atom stereocenters.